The van der Waals surface area contributed by atoms with Gasteiger partial charge in [-0.15, -0.1) is 0 Å². The molecule has 0 bridgehead atoms. The van der Waals surface area contributed by atoms with Gasteiger partial charge in [-0.2, -0.15) is 0 Å². The number of hydrogen-bond donors (Lipinski definition) is 0. The second kappa shape index (κ2) is 5.69. The fourth-order valence-corrected chi connectivity index (χ4v) is 0.364. The Morgan fingerprint density at radius 3 is 1.86 bits per heavy atom. The zero-order chi connectivity index (χ0) is 5.54. The molecule has 0 atom stereocenters. The lowest BCUT2D eigenvalue weighted by Gasteiger charge is -1.73. The first kappa shape index (κ1) is 6.69. The summed E-state index contributed by atoms with van der Waals surface area (Å²) in [7, 11) is 0. The summed E-state index contributed by atoms with van der Waals surface area (Å²) in [5, 5.41) is 0. The molecule has 0 fully saturated rings. The highest BCUT2D eigenvalue weighted by atomic mass is 32.2. The lowest BCUT2D eigenvalue weighted by Crippen LogP contribution is -1.52. The van der Waals surface area contributed by atoms with Crippen LogP contribution in [-0.2, 0) is 0 Å². The predicted octanol–water partition coefficient (Wildman–Crippen LogP) is 1.73. The van der Waals surface area contributed by atoms with Gasteiger partial charge < -0.3 is 0 Å². The molecule has 0 rings (SSSR count). The maximum absolute atomic E-state index is 3.76. The maximum atomic E-state index is 3.76. The molecule has 0 radical (unpaired) electrons. The van der Waals surface area contributed by atoms with Crippen molar-refractivity contribution in [1.29, 1.82) is 0 Å². The molecule has 0 aromatic rings. The summed E-state index contributed by atoms with van der Waals surface area (Å²) in [5.41, 5.74) is 0. The van der Waals surface area contributed by atoms with Crippen LogP contribution in [0.1, 0.15) is 13.8 Å². The van der Waals surface area contributed by atoms with E-state index in [1.165, 1.54) is 12.1 Å². The monoisotopic (exact) mass is 116 g/mol. The highest BCUT2D eigenvalue weighted by Gasteiger charge is 1.62. The van der Waals surface area contributed by atoms with Crippen molar-refractivity contribution in [3.63, 3.8) is 0 Å². The highest BCUT2D eigenvalue weighted by Crippen LogP contribution is 1.98. The molecular formula is C4H8N2S. The smallest absolute Gasteiger partial charge is 0.114 e. The molecule has 40 valence electrons. The van der Waals surface area contributed by atoms with E-state index in [2.05, 4.69) is 8.80 Å². The third-order valence-corrected chi connectivity index (χ3v) is 0.915. The molecule has 0 aromatic heterocycles. The molecule has 2 nitrogen and oxygen atoms in total. The van der Waals surface area contributed by atoms with Gasteiger partial charge in [0.25, 0.3) is 0 Å². The van der Waals surface area contributed by atoms with Crippen LogP contribution in [0.4, 0.5) is 0 Å². The molecule has 0 N–H and O–H groups in total. The van der Waals surface area contributed by atoms with Crippen LogP contribution in [0.3, 0.4) is 0 Å². The zero-order valence-electron chi connectivity index (χ0n) is 4.46. The van der Waals surface area contributed by atoms with Crippen molar-refractivity contribution in [2.24, 2.45) is 8.80 Å². The minimum Gasteiger partial charge on any atom is -0.206 e. The third-order valence-electron chi connectivity index (χ3n) is 0.305. The van der Waals surface area contributed by atoms with E-state index in [1.54, 1.807) is 12.4 Å². The van der Waals surface area contributed by atoms with Crippen LogP contribution in [0, 0.1) is 0 Å². The second-order valence-electron chi connectivity index (χ2n) is 0.809. The third kappa shape index (κ3) is 5.69. The van der Waals surface area contributed by atoms with Gasteiger partial charge in [0.15, 0.2) is 0 Å². The van der Waals surface area contributed by atoms with Gasteiger partial charge in [-0.05, 0) is 13.8 Å². The number of nitrogens with zero attached hydrogens (tertiary/aromatic N) is 2. The molecule has 0 aliphatic rings. The Bertz CT molecular complexity index is 67.8. The molecule has 0 aliphatic heterocycles. The average molecular weight is 116 g/mol. The van der Waals surface area contributed by atoms with Crippen LogP contribution in [0.25, 0.3) is 0 Å². The Hall–Kier alpha value is -0.310. The molecule has 0 spiro atoms. The van der Waals surface area contributed by atoms with Crippen LogP contribution in [-0.4, -0.2) is 12.4 Å². The Kier molecular flexibility index (Phi) is 5.44. The van der Waals surface area contributed by atoms with E-state index in [4.69, 9.17) is 0 Å². The summed E-state index contributed by atoms with van der Waals surface area (Å²) in [6.45, 7) is 3.72. The van der Waals surface area contributed by atoms with E-state index >= 15 is 0 Å². The van der Waals surface area contributed by atoms with Crippen LogP contribution in [0.5, 0.6) is 0 Å². The first-order valence-electron chi connectivity index (χ1n) is 2.04. The minimum absolute atomic E-state index is 1.19. The predicted molar refractivity (Wildman–Crippen MR) is 35.9 cm³/mol. The molecule has 0 amide bonds. The summed E-state index contributed by atoms with van der Waals surface area (Å²) < 4.78 is 7.51. The molecule has 0 aromatic carbocycles. The van der Waals surface area contributed by atoms with Crippen LogP contribution < -0.4 is 0 Å². The largest absolute Gasteiger partial charge is 0.206 e. The van der Waals surface area contributed by atoms with Crippen molar-refractivity contribution in [1.82, 2.24) is 0 Å². The molecule has 3 heteroatoms. The topological polar surface area (TPSA) is 24.7 Å². The quantitative estimate of drug-likeness (QED) is 0.398. The Labute approximate surface area is 48.0 Å². The van der Waals surface area contributed by atoms with Crippen molar-refractivity contribution in [2.45, 2.75) is 13.8 Å². The Morgan fingerprint density at radius 2 is 1.57 bits per heavy atom. The van der Waals surface area contributed by atoms with Gasteiger partial charge in [0, 0.05) is 12.4 Å². The highest BCUT2D eigenvalue weighted by molar-refractivity contribution is 7.96. The Balaban J connectivity index is 2.98. The van der Waals surface area contributed by atoms with Gasteiger partial charge >= 0.3 is 0 Å². The van der Waals surface area contributed by atoms with Gasteiger partial charge in [0.05, 0.1) is 0 Å². The van der Waals surface area contributed by atoms with Crippen molar-refractivity contribution in [3.05, 3.63) is 0 Å². The first-order valence-corrected chi connectivity index (χ1v) is 2.77. The lowest BCUT2D eigenvalue weighted by atomic mass is 10.9. The van der Waals surface area contributed by atoms with E-state index < -0.39 is 0 Å². The molecule has 0 heterocycles. The van der Waals surface area contributed by atoms with E-state index in [1.807, 2.05) is 13.8 Å². The first-order chi connectivity index (χ1) is 3.41. The van der Waals surface area contributed by atoms with E-state index in [0.29, 0.717) is 0 Å². The Morgan fingerprint density at radius 1 is 1.14 bits per heavy atom. The maximum Gasteiger partial charge on any atom is 0.114 e. The van der Waals surface area contributed by atoms with Gasteiger partial charge in [0.1, 0.15) is 12.1 Å². The van der Waals surface area contributed by atoms with Crippen molar-refractivity contribution in [2.75, 3.05) is 0 Å². The van der Waals surface area contributed by atoms with E-state index in [-0.39, 0.29) is 0 Å². The molecule has 0 saturated heterocycles. The summed E-state index contributed by atoms with van der Waals surface area (Å²) in [4.78, 5) is 0. The van der Waals surface area contributed by atoms with Crippen LogP contribution >= 0.6 is 12.1 Å². The van der Waals surface area contributed by atoms with Gasteiger partial charge in [0.2, 0.25) is 0 Å². The standard InChI is InChI=1S/C4H8N2S/c1-3-5-7-6-4-2/h3-4H,1-2H3/b5-3+,6-4+. The van der Waals surface area contributed by atoms with E-state index in [0.717, 1.165) is 0 Å². The van der Waals surface area contributed by atoms with Gasteiger partial charge in [-0.3, -0.25) is 0 Å². The fourth-order valence-electron chi connectivity index (χ4n) is 0.121. The molecule has 0 saturated carbocycles. The summed E-state index contributed by atoms with van der Waals surface area (Å²) in [6, 6.07) is 0. The van der Waals surface area contributed by atoms with Crippen molar-refractivity contribution < 1.29 is 0 Å². The molecule has 0 aliphatic carbocycles. The zero-order valence-corrected chi connectivity index (χ0v) is 5.27. The summed E-state index contributed by atoms with van der Waals surface area (Å²) in [5.74, 6) is 0. The minimum atomic E-state index is 1.19. The van der Waals surface area contributed by atoms with Gasteiger partial charge in [-0.25, -0.2) is 8.80 Å². The number of hydrogen-bond acceptors (Lipinski definition) is 3. The summed E-state index contributed by atoms with van der Waals surface area (Å²) >= 11 is 1.19. The van der Waals surface area contributed by atoms with Crippen LogP contribution in [0.15, 0.2) is 8.80 Å². The normalized spacial score (nSPS) is 11.7. The fraction of sp³-hybridized carbons (Fsp3) is 0.500. The van der Waals surface area contributed by atoms with E-state index in [9.17, 15) is 0 Å². The second-order valence-corrected chi connectivity index (χ2v) is 1.39. The van der Waals surface area contributed by atoms with Gasteiger partial charge in [-0.1, -0.05) is 0 Å². The molecular weight excluding hydrogens is 108 g/mol. The van der Waals surface area contributed by atoms with Crippen LogP contribution in [0.2, 0.25) is 0 Å². The number of rotatable bonds is 2. The molecule has 0 unspecified atom stereocenters. The average Bonchev–Trinajstić information content (AvgIpc) is 1.69. The lowest BCUT2D eigenvalue weighted by molar-refractivity contribution is 1.80. The summed E-state index contributed by atoms with van der Waals surface area (Å²) in [6.07, 6.45) is 3.41. The van der Waals surface area contributed by atoms with Crippen molar-refractivity contribution in [3.8, 4) is 0 Å². The van der Waals surface area contributed by atoms with Crippen molar-refractivity contribution >= 4 is 24.6 Å². The molecule has 7 heavy (non-hydrogen) atoms. The SMILES string of the molecule is C/C=N/S/N=C/C.